The first-order valence-electron chi connectivity index (χ1n) is 7.06. The maximum Gasteiger partial charge on any atom is 0.345 e. The molecule has 10 nitrogen and oxygen atoms in total. The Hall–Kier alpha value is -4.26. The van der Waals surface area contributed by atoms with E-state index in [1.54, 1.807) is 18.2 Å². The Morgan fingerprint density at radius 1 is 1.27 bits per heavy atom. The molecule has 0 unspecified atom stereocenters. The third-order valence-corrected chi connectivity index (χ3v) is 3.05. The number of nitro groups is 1. The molecule has 0 fully saturated rings. The van der Waals surface area contributed by atoms with Gasteiger partial charge in [-0.2, -0.15) is 10.4 Å². The van der Waals surface area contributed by atoms with Crippen molar-refractivity contribution in [2.45, 2.75) is 0 Å². The highest BCUT2D eigenvalue weighted by atomic mass is 16.6. The second-order valence-corrected chi connectivity index (χ2v) is 4.78. The standard InChI is InChI=1S/C16H12N6O4/c17-9-14(15(18)19)21-20-13-4-2-1-3-12(13)16(23)26-11-7-5-10(6-8-11)22(24)25/h1-8,20H,(H3,18,19)/b21-14+. The van der Waals surface area contributed by atoms with Gasteiger partial charge in [0.2, 0.25) is 5.71 Å². The van der Waals surface area contributed by atoms with Crippen LogP contribution in [-0.4, -0.2) is 22.4 Å². The number of nitro benzene ring substituents is 1. The fraction of sp³-hybridized carbons (Fsp3) is 0. The molecule has 0 atom stereocenters. The average Bonchev–Trinajstić information content (AvgIpc) is 2.62. The van der Waals surface area contributed by atoms with E-state index < -0.39 is 16.7 Å². The van der Waals surface area contributed by atoms with Crippen LogP contribution in [0.3, 0.4) is 0 Å². The number of carbonyl (C=O) groups is 1. The first kappa shape index (κ1) is 18.1. The summed E-state index contributed by atoms with van der Waals surface area (Å²) in [5.74, 6) is -1.13. The highest BCUT2D eigenvalue weighted by molar-refractivity contribution is 6.45. The molecular formula is C16H12N6O4. The van der Waals surface area contributed by atoms with Gasteiger partial charge in [-0.15, -0.1) is 0 Å². The van der Waals surface area contributed by atoms with Crippen LogP contribution in [0.2, 0.25) is 0 Å². The van der Waals surface area contributed by atoms with Gasteiger partial charge in [0.1, 0.15) is 11.8 Å². The number of non-ortho nitro benzene ring substituents is 1. The Bertz CT molecular complexity index is 931. The van der Waals surface area contributed by atoms with E-state index in [9.17, 15) is 14.9 Å². The number of nitrogens with zero attached hydrogens (tertiary/aromatic N) is 3. The van der Waals surface area contributed by atoms with Crippen molar-refractivity contribution in [2.75, 3.05) is 5.43 Å². The van der Waals surface area contributed by atoms with Crippen LogP contribution in [0.1, 0.15) is 10.4 Å². The zero-order valence-corrected chi connectivity index (χ0v) is 13.2. The monoisotopic (exact) mass is 352 g/mol. The summed E-state index contributed by atoms with van der Waals surface area (Å²) in [6.45, 7) is 0. The van der Waals surface area contributed by atoms with Crippen LogP contribution in [0.4, 0.5) is 11.4 Å². The van der Waals surface area contributed by atoms with Crippen LogP contribution >= 0.6 is 0 Å². The van der Waals surface area contributed by atoms with E-state index in [1.165, 1.54) is 36.4 Å². The minimum absolute atomic E-state index is 0.107. The Morgan fingerprint density at radius 3 is 2.50 bits per heavy atom. The first-order chi connectivity index (χ1) is 12.4. The predicted molar refractivity (Wildman–Crippen MR) is 93.1 cm³/mol. The third-order valence-electron chi connectivity index (χ3n) is 3.05. The highest BCUT2D eigenvalue weighted by Crippen LogP contribution is 2.21. The van der Waals surface area contributed by atoms with E-state index in [2.05, 4.69) is 10.5 Å². The summed E-state index contributed by atoms with van der Waals surface area (Å²) >= 11 is 0. The van der Waals surface area contributed by atoms with Crippen LogP contribution in [0, 0.1) is 26.9 Å². The molecule has 0 radical (unpaired) electrons. The molecule has 0 amide bonds. The number of nitriles is 1. The number of hydrogen-bond acceptors (Lipinski definition) is 8. The Kier molecular flexibility index (Phi) is 5.58. The number of amidine groups is 1. The minimum atomic E-state index is -0.738. The van der Waals surface area contributed by atoms with Crippen LogP contribution in [0.5, 0.6) is 5.75 Å². The van der Waals surface area contributed by atoms with E-state index >= 15 is 0 Å². The molecule has 4 N–H and O–H groups in total. The molecule has 0 saturated carbocycles. The van der Waals surface area contributed by atoms with Gasteiger partial charge in [0.15, 0.2) is 5.84 Å². The van der Waals surface area contributed by atoms with Gasteiger partial charge in [-0.05, 0) is 24.3 Å². The lowest BCUT2D eigenvalue weighted by molar-refractivity contribution is -0.384. The van der Waals surface area contributed by atoms with Gasteiger partial charge in [-0.25, -0.2) is 4.79 Å². The second kappa shape index (κ2) is 8.02. The molecule has 130 valence electrons. The number of nitrogens with two attached hydrogens (primary N) is 1. The topological polar surface area (TPSA) is 167 Å². The molecule has 0 bridgehead atoms. The minimum Gasteiger partial charge on any atom is -0.423 e. The Morgan fingerprint density at radius 2 is 1.92 bits per heavy atom. The normalized spacial score (nSPS) is 10.5. The number of benzene rings is 2. The number of carbonyl (C=O) groups excluding carboxylic acids is 1. The summed E-state index contributed by atoms with van der Waals surface area (Å²) in [5.41, 5.74) is 7.55. The summed E-state index contributed by atoms with van der Waals surface area (Å²) in [6, 6.07) is 12.9. The number of hydrogen-bond donors (Lipinski definition) is 3. The number of rotatable bonds is 6. The summed E-state index contributed by atoms with van der Waals surface area (Å²) in [5, 5.41) is 30.3. The predicted octanol–water partition coefficient (Wildman–Crippen LogP) is 2.04. The highest BCUT2D eigenvalue weighted by Gasteiger charge is 2.14. The lowest BCUT2D eigenvalue weighted by Crippen LogP contribution is -2.22. The molecule has 26 heavy (non-hydrogen) atoms. The number of esters is 1. The van der Waals surface area contributed by atoms with Gasteiger partial charge in [0.05, 0.1) is 16.2 Å². The summed E-state index contributed by atoms with van der Waals surface area (Å²) in [6.07, 6.45) is 0. The summed E-state index contributed by atoms with van der Waals surface area (Å²) in [4.78, 5) is 22.4. The molecule has 2 aromatic rings. The molecular weight excluding hydrogens is 340 g/mol. The van der Waals surface area contributed by atoms with Crippen LogP contribution in [0.25, 0.3) is 0 Å². The van der Waals surface area contributed by atoms with Crippen LogP contribution < -0.4 is 15.9 Å². The van der Waals surface area contributed by atoms with Crippen molar-refractivity contribution in [3.05, 3.63) is 64.2 Å². The zero-order valence-electron chi connectivity index (χ0n) is 13.2. The molecule has 2 aromatic carbocycles. The van der Waals surface area contributed by atoms with E-state index in [1.807, 2.05) is 0 Å². The van der Waals surface area contributed by atoms with Crippen molar-refractivity contribution in [3.63, 3.8) is 0 Å². The first-order valence-corrected chi connectivity index (χ1v) is 7.06. The van der Waals surface area contributed by atoms with E-state index in [4.69, 9.17) is 21.1 Å². The molecule has 0 aliphatic heterocycles. The SMILES string of the molecule is N#C/C(=N\Nc1ccccc1C(=O)Oc1ccc([N+](=O)[O-])cc1)C(=N)N. The molecule has 2 rings (SSSR count). The fourth-order valence-corrected chi connectivity index (χ4v) is 1.82. The molecule has 0 aliphatic carbocycles. The van der Waals surface area contributed by atoms with Gasteiger partial charge in [0, 0.05) is 12.1 Å². The number of ether oxygens (including phenoxy) is 1. The zero-order chi connectivity index (χ0) is 19.1. The largest absolute Gasteiger partial charge is 0.423 e. The molecule has 10 heteroatoms. The molecule has 0 aromatic heterocycles. The van der Waals surface area contributed by atoms with Crippen molar-refractivity contribution in [1.82, 2.24) is 0 Å². The average molecular weight is 352 g/mol. The molecule has 0 heterocycles. The van der Waals surface area contributed by atoms with Gasteiger partial charge >= 0.3 is 5.97 Å². The third kappa shape index (κ3) is 4.39. The number of hydrazone groups is 1. The fourth-order valence-electron chi connectivity index (χ4n) is 1.82. The van der Waals surface area contributed by atoms with E-state index in [0.717, 1.165) is 0 Å². The smallest absolute Gasteiger partial charge is 0.345 e. The van der Waals surface area contributed by atoms with Crippen molar-refractivity contribution in [3.8, 4) is 11.8 Å². The summed E-state index contributed by atoms with van der Waals surface area (Å²) in [7, 11) is 0. The van der Waals surface area contributed by atoms with Gasteiger partial charge in [-0.3, -0.25) is 20.9 Å². The van der Waals surface area contributed by atoms with Gasteiger partial charge in [0.25, 0.3) is 5.69 Å². The molecule has 0 saturated heterocycles. The van der Waals surface area contributed by atoms with Crippen molar-refractivity contribution < 1.29 is 14.5 Å². The molecule has 0 spiro atoms. The second-order valence-electron chi connectivity index (χ2n) is 4.78. The number of para-hydroxylation sites is 1. The van der Waals surface area contributed by atoms with Gasteiger partial charge in [-0.1, -0.05) is 12.1 Å². The Labute approximate surface area is 147 Å². The van der Waals surface area contributed by atoms with Crippen molar-refractivity contribution >= 4 is 28.9 Å². The van der Waals surface area contributed by atoms with Crippen molar-refractivity contribution in [1.29, 1.82) is 10.7 Å². The maximum absolute atomic E-state index is 12.3. The van der Waals surface area contributed by atoms with Crippen LogP contribution in [-0.2, 0) is 0 Å². The number of nitrogens with one attached hydrogen (secondary N) is 2. The van der Waals surface area contributed by atoms with E-state index in [0.29, 0.717) is 0 Å². The summed E-state index contributed by atoms with van der Waals surface area (Å²) < 4.78 is 5.17. The van der Waals surface area contributed by atoms with Crippen molar-refractivity contribution in [2.24, 2.45) is 10.8 Å². The maximum atomic E-state index is 12.3. The van der Waals surface area contributed by atoms with Gasteiger partial charge < -0.3 is 10.5 Å². The Balaban J connectivity index is 2.20. The molecule has 0 aliphatic rings. The van der Waals surface area contributed by atoms with Crippen LogP contribution in [0.15, 0.2) is 53.6 Å². The van der Waals surface area contributed by atoms with E-state index in [-0.39, 0.29) is 28.4 Å². The lowest BCUT2D eigenvalue weighted by Gasteiger charge is -2.09. The quantitative estimate of drug-likeness (QED) is 0.178. The number of anilines is 1. The lowest BCUT2D eigenvalue weighted by atomic mass is 10.2.